The largest absolute Gasteiger partial charge is 0.480 e. The lowest BCUT2D eigenvalue weighted by molar-refractivity contribution is -0.147. The van der Waals surface area contributed by atoms with Crippen LogP contribution in [0.25, 0.3) is 0 Å². The predicted octanol–water partition coefficient (Wildman–Crippen LogP) is 2.63. The Labute approximate surface area is 128 Å². The summed E-state index contributed by atoms with van der Waals surface area (Å²) in [4.78, 5) is 14.5. The van der Waals surface area contributed by atoms with Crippen molar-refractivity contribution >= 4 is 5.97 Å². The van der Waals surface area contributed by atoms with Crippen molar-refractivity contribution in [3.8, 4) is 0 Å². The summed E-state index contributed by atoms with van der Waals surface area (Å²) in [5.41, 5.74) is -0.334. The van der Waals surface area contributed by atoms with E-state index in [1.807, 2.05) is 0 Å². The highest BCUT2D eigenvalue weighted by Crippen LogP contribution is 2.41. The Hall–Kier alpha value is -0.610. The number of carbonyl (C=O) groups is 1. The van der Waals surface area contributed by atoms with Gasteiger partial charge in [0.05, 0.1) is 0 Å². The number of carboxylic acids is 1. The molecule has 1 heterocycles. The van der Waals surface area contributed by atoms with Crippen molar-refractivity contribution in [2.24, 2.45) is 5.92 Å². The lowest BCUT2D eigenvalue weighted by Gasteiger charge is -2.36. The Balaban J connectivity index is 1.64. The fraction of sp³-hybridized carbons (Fsp3) is 0.941. The van der Waals surface area contributed by atoms with Crippen molar-refractivity contribution in [2.75, 3.05) is 13.1 Å². The highest BCUT2D eigenvalue weighted by molar-refractivity contribution is 5.80. The first kappa shape index (κ1) is 15.3. The quantitative estimate of drug-likeness (QED) is 0.791. The normalized spacial score (nSPS) is 36.2. The Bertz CT molecular complexity index is 406. The van der Waals surface area contributed by atoms with Gasteiger partial charge < -0.3 is 5.11 Å². The number of nitrogens with one attached hydrogen (secondary N) is 1. The molecule has 0 amide bonds. The molecule has 2 atom stereocenters. The van der Waals surface area contributed by atoms with Gasteiger partial charge in [-0.05, 0) is 77.8 Å². The van der Waals surface area contributed by atoms with E-state index >= 15 is 0 Å². The number of likely N-dealkylation sites (tertiary alicyclic amines) is 1. The highest BCUT2D eigenvalue weighted by atomic mass is 16.4. The standard InChI is InChI=1S/C17H30N2O2/c1-16(2)9-4-11-19(16)12-8-13-5-3-10-17(13,15(20)21)18-14-6-7-14/h13-14,18H,3-12H2,1-2H3,(H,20,21). The third-order valence-electron chi connectivity index (χ3n) is 6.06. The molecule has 0 spiro atoms. The average molecular weight is 294 g/mol. The van der Waals surface area contributed by atoms with Gasteiger partial charge in [-0.25, -0.2) is 0 Å². The molecule has 2 N–H and O–H groups in total. The number of aliphatic carboxylic acids is 1. The molecule has 1 saturated heterocycles. The van der Waals surface area contributed by atoms with Crippen molar-refractivity contribution in [2.45, 2.75) is 82.3 Å². The van der Waals surface area contributed by atoms with Crippen LogP contribution in [0.2, 0.25) is 0 Å². The zero-order valence-electron chi connectivity index (χ0n) is 13.5. The van der Waals surface area contributed by atoms with Gasteiger partial charge in [-0.1, -0.05) is 6.42 Å². The van der Waals surface area contributed by atoms with Crippen molar-refractivity contribution in [1.29, 1.82) is 0 Å². The molecule has 120 valence electrons. The van der Waals surface area contributed by atoms with Crippen molar-refractivity contribution in [3.63, 3.8) is 0 Å². The monoisotopic (exact) mass is 294 g/mol. The molecule has 0 aromatic heterocycles. The molecular formula is C17H30N2O2. The summed E-state index contributed by atoms with van der Waals surface area (Å²) in [5.74, 6) is -0.315. The lowest BCUT2D eigenvalue weighted by atomic mass is 9.84. The zero-order chi connectivity index (χ0) is 15.1. The van der Waals surface area contributed by atoms with Crippen LogP contribution in [0.4, 0.5) is 0 Å². The van der Waals surface area contributed by atoms with Crippen LogP contribution in [0, 0.1) is 5.92 Å². The smallest absolute Gasteiger partial charge is 0.324 e. The van der Waals surface area contributed by atoms with Gasteiger partial charge in [-0.15, -0.1) is 0 Å². The molecule has 4 nitrogen and oxygen atoms in total. The summed E-state index contributed by atoms with van der Waals surface area (Å²) in [5, 5.41) is 13.3. The zero-order valence-corrected chi connectivity index (χ0v) is 13.5. The molecule has 21 heavy (non-hydrogen) atoms. The van der Waals surface area contributed by atoms with Crippen LogP contribution in [0.5, 0.6) is 0 Å². The average Bonchev–Trinajstić information content (AvgIpc) is 3.02. The van der Waals surface area contributed by atoms with E-state index in [-0.39, 0.29) is 0 Å². The molecule has 0 bridgehead atoms. The molecule has 0 aromatic carbocycles. The number of rotatable bonds is 6. The van der Waals surface area contributed by atoms with Gasteiger partial charge in [-0.2, -0.15) is 0 Å². The van der Waals surface area contributed by atoms with Crippen molar-refractivity contribution in [3.05, 3.63) is 0 Å². The Morgan fingerprint density at radius 2 is 2.00 bits per heavy atom. The highest BCUT2D eigenvalue weighted by Gasteiger charge is 2.51. The third kappa shape index (κ3) is 2.98. The van der Waals surface area contributed by atoms with E-state index < -0.39 is 11.5 Å². The molecule has 0 aromatic rings. The van der Waals surface area contributed by atoms with Gasteiger partial charge in [-0.3, -0.25) is 15.0 Å². The van der Waals surface area contributed by atoms with E-state index in [1.165, 1.54) is 19.4 Å². The summed E-state index contributed by atoms with van der Waals surface area (Å²) in [7, 11) is 0. The van der Waals surface area contributed by atoms with Crippen LogP contribution in [0.1, 0.15) is 65.2 Å². The maximum absolute atomic E-state index is 11.9. The maximum atomic E-state index is 11.9. The minimum atomic E-state index is -0.634. The van der Waals surface area contributed by atoms with Gasteiger partial charge in [0.25, 0.3) is 0 Å². The summed E-state index contributed by atoms with van der Waals surface area (Å²) >= 11 is 0. The van der Waals surface area contributed by atoms with Crippen LogP contribution in [0.15, 0.2) is 0 Å². The fourth-order valence-electron chi connectivity index (χ4n) is 4.48. The molecule has 3 fully saturated rings. The molecule has 2 saturated carbocycles. The van der Waals surface area contributed by atoms with E-state index in [1.54, 1.807) is 0 Å². The van der Waals surface area contributed by atoms with Gasteiger partial charge in [0.15, 0.2) is 0 Å². The Morgan fingerprint density at radius 3 is 2.57 bits per heavy atom. The maximum Gasteiger partial charge on any atom is 0.324 e. The first-order valence-corrected chi connectivity index (χ1v) is 8.70. The van der Waals surface area contributed by atoms with Gasteiger partial charge in [0.1, 0.15) is 5.54 Å². The topological polar surface area (TPSA) is 52.6 Å². The van der Waals surface area contributed by atoms with Crippen molar-refractivity contribution < 1.29 is 9.90 Å². The van der Waals surface area contributed by atoms with Crippen LogP contribution in [-0.2, 0) is 4.79 Å². The van der Waals surface area contributed by atoms with Crippen LogP contribution < -0.4 is 5.32 Å². The van der Waals surface area contributed by atoms with Crippen LogP contribution >= 0.6 is 0 Å². The first-order chi connectivity index (χ1) is 9.94. The molecule has 2 aliphatic carbocycles. The SMILES string of the molecule is CC1(C)CCCN1CCC1CCCC1(NC1CC1)C(=O)O. The van der Waals surface area contributed by atoms with Gasteiger partial charge in [0.2, 0.25) is 0 Å². The fourth-order valence-corrected chi connectivity index (χ4v) is 4.48. The van der Waals surface area contributed by atoms with E-state index in [4.69, 9.17) is 0 Å². The van der Waals surface area contributed by atoms with Gasteiger partial charge >= 0.3 is 5.97 Å². The minimum Gasteiger partial charge on any atom is -0.480 e. The first-order valence-electron chi connectivity index (χ1n) is 8.70. The van der Waals surface area contributed by atoms with Crippen LogP contribution in [0.3, 0.4) is 0 Å². The molecule has 2 unspecified atom stereocenters. The van der Waals surface area contributed by atoms with E-state index in [2.05, 4.69) is 24.1 Å². The Kier molecular flexibility index (Phi) is 4.04. The van der Waals surface area contributed by atoms with E-state index in [9.17, 15) is 9.90 Å². The summed E-state index contributed by atoms with van der Waals surface area (Å²) < 4.78 is 0. The van der Waals surface area contributed by atoms with E-state index in [0.29, 0.717) is 17.5 Å². The second-order valence-corrected chi connectivity index (χ2v) is 7.98. The predicted molar refractivity (Wildman–Crippen MR) is 83.4 cm³/mol. The second kappa shape index (κ2) is 5.54. The summed E-state index contributed by atoms with van der Waals surface area (Å²) in [6.45, 7) is 6.87. The molecular weight excluding hydrogens is 264 g/mol. The molecule has 0 radical (unpaired) electrons. The third-order valence-corrected chi connectivity index (χ3v) is 6.06. The molecule has 3 rings (SSSR count). The molecule has 1 aliphatic heterocycles. The molecule has 3 aliphatic rings. The number of carboxylic acid groups (broad SMARTS) is 1. The molecule has 4 heteroatoms. The summed E-state index contributed by atoms with van der Waals surface area (Å²) in [6.07, 6.45) is 8.81. The number of hydrogen-bond donors (Lipinski definition) is 2. The van der Waals surface area contributed by atoms with Gasteiger partial charge in [0, 0.05) is 11.6 Å². The minimum absolute atomic E-state index is 0.298. The lowest BCUT2D eigenvalue weighted by Crippen LogP contribution is -2.56. The van der Waals surface area contributed by atoms with Crippen molar-refractivity contribution in [1.82, 2.24) is 10.2 Å². The second-order valence-electron chi connectivity index (χ2n) is 7.98. The Morgan fingerprint density at radius 1 is 1.24 bits per heavy atom. The van der Waals surface area contributed by atoms with E-state index in [0.717, 1.165) is 45.1 Å². The number of nitrogens with zero attached hydrogens (tertiary/aromatic N) is 1. The van der Waals surface area contributed by atoms with Crippen LogP contribution in [-0.4, -0.2) is 46.2 Å². The number of hydrogen-bond acceptors (Lipinski definition) is 3. The summed E-state index contributed by atoms with van der Waals surface area (Å²) in [6, 6.07) is 0.463.